The van der Waals surface area contributed by atoms with E-state index in [0.717, 1.165) is 12.4 Å². The lowest BCUT2D eigenvalue weighted by Crippen LogP contribution is -2.48. The fourth-order valence-electron chi connectivity index (χ4n) is 4.08. The van der Waals surface area contributed by atoms with E-state index in [0.29, 0.717) is 0 Å². The zero-order valence-corrected chi connectivity index (χ0v) is 30.9. The van der Waals surface area contributed by atoms with Crippen molar-refractivity contribution in [2.75, 3.05) is 112 Å². The number of carbonyl (C=O) groups is 7. The number of nitrogens with zero attached hydrogens (tertiary/aromatic N) is 5. The van der Waals surface area contributed by atoms with Gasteiger partial charge in [0.2, 0.25) is 11.8 Å². The summed E-state index contributed by atoms with van der Waals surface area (Å²) in [5, 5.41) is 99.0. The number of amides is 4. The van der Waals surface area contributed by atoms with Crippen molar-refractivity contribution in [1.29, 1.82) is 0 Å². The molecule has 0 bridgehead atoms. The molecule has 0 spiro atoms. The number of aliphatic hydroxyl groups excluding tert-OH is 6. The van der Waals surface area contributed by atoms with E-state index in [2.05, 4.69) is 41.3 Å². The Bertz CT molecular complexity index is 1220. The second-order valence-corrected chi connectivity index (χ2v) is 11.8. The molecule has 27 heteroatoms. The molecule has 0 aromatic carbocycles. The molecule has 0 aromatic rings. The Morgan fingerprint density at radius 2 is 0.789 bits per heavy atom. The van der Waals surface area contributed by atoms with Crippen LogP contribution in [0, 0.1) is 0 Å². The Balaban J connectivity index is 4.87. The second kappa shape index (κ2) is 31.0. The van der Waals surface area contributed by atoms with Crippen molar-refractivity contribution >= 4 is 54.0 Å². The molecule has 0 heterocycles. The lowest BCUT2D eigenvalue weighted by atomic mass is 10.2. The summed E-state index contributed by atoms with van der Waals surface area (Å²) in [5.74, 6) is -6.37. The highest BCUT2D eigenvalue weighted by molar-refractivity contribution is 5.80. The number of hydrogen-bond donors (Lipinski definition) is 13. The minimum atomic E-state index is -1.52. The maximum absolute atomic E-state index is 12.5. The van der Waals surface area contributed by atoms with Crippen LogP contribution in [0.25, 0.3) is 0 Å². The number of hydrogen-bond acceptors (Lipinski definition) is 20. The maximum atomic E-state index is 12.5. The summed E-state index contributed by atoms with van der Waals surface area (Å²) in [6.07, 6.45) is -4.45. The van der Waals surface area contributed by atoms with E-state index in [4.69, 9.17) is 10.2 Å². The number of rotatable bonds is 34. The number of oxime groups is 2. The van der Waals surface area contributed by atoms with Crippen molar-refractivity contribution in [3.63, 3.8) is 0 Å². The molecule has 57 heavy (non-hydrogen) atoms. The standard InChI is InChI=1S/C30H53N9O18/c40-16-22(44)20(42)9-35-56-18-26(48)33-3-1-31-24(46)11-38(14-29(52)53)7-5-37(13-28(50)51)6-8-39(15-30(54)55)12-25(47)32-2-4-34-27(49)19-57-36-10-21(43)23(45)17-41/h9-10,20-23,40-45H,1-8,11-19H2,(H,31,46)(H,32,47)(H,33,48)(H,34,49)(H,50,51)(H,52,53)(H,54,55)/b35-9+,36-10+/t20?,21?,22-,23-/m1/s1. The zero-order valence-electron chi connectivity index (χ0n) is 30.9. The van der Waals surface area contributed by atoms with Gasteiger partial charge in [-0.3, -0.25) is 48.3 Å². The minimum Gasteiger partial charge on any atom is -0.480 e. The molecule has 0 aliphatic carbocycles. The maximum Gasteiger partial charge on any atom is 0.317 e. The van der Waals surface area contributed by atoms with Crippen LogP contribution in [0.5, 0.6) is 0 Å². The van der Waals surface area contributed by atoms with Gasteiger partial charge in [0.15, 0.2) is 13.2 Å². The van der Waals surface area contributed by atoms with Crippen LogP contribution in [-0.4, -0.2) is 251 Å². The predicted molar refractivity (Wildman–Crippen MR) is 191 cm³/mol. The average Bonchev–Trinajstić information content (AvgIpc) is 3.14. The van der Waals surface area contributed by atoms with Crippen LogP contribution in [0.1, 0.15) is 0 Å². The first-order chi connectivity index (χ1) is 27.0. The highest BCUT2D eigenvalue weighted by Crippen LogP contribution is 1.98. The molecule has 27 nitrogen and oxygen atoms in total. The zero-order chi connectivity index (χ0) is 43.2. The van der Waals surface area contributed by atoms with Gasteiger partial charge >= 0.3 is 17.9 Å². The summed E-state index contributed by atoms with van der Waals surface area (Å²) >= 11 is 0. The topological polar surface area (TPSA) is 403 Å². The normalized spacial score (nSPS) is 13.6. The quantitative estimate of drug-likeness (QED) is 0.0163. The average molecular weight is 828 g/mol. The summed E-state index contributed by atoms with van der Waals surface area (Å²) in [7, 11) is 0. The number of carboxylic acids is 3. The van der Waals surface area contributed by atoms with Crippen molar-refractivity contribution in [2.24, 2.45) is 10.3 Å². The van der Waals surface area contributed by atoms with Crippen LogP contribution < -0.4 is 21.3 Å². The van der Waals surface area contributed by atoms with Crippen LogP contribution in [0.3, 0.4) is 0 Å². The van der Waals surface area contributed by atoms with E-state index < -0.39 is 125 Å². The molecule has 0 saturated heterocycles. The largest absolute Gasteiger partial charge is 0.480 e. The van der Waals surface area contributed by atoms with Crippen molar-refractivity contribution in [2.45, 2.75) is 24.4 Å². The molecule has 0 fully saturated rings. The first-order valence-electron chi connectivity index (χ1n) is 17.1. The highest BCUT2D eigenvalue weighted by Gasteiger charge is 2.20. The van der Waals surface area contributed by atoms with Crippen molar-refractivity contribution in [3.05, 3.63) is 0 Å². The number of nitrogens with one attached hydrogen (secondary N) is 4. The Kier molecular flexibility index (Phi) is 28.2. The first-order valence-corrected chi connectivity index (χ1v) is 17.1. The van der Waals surface area contributed by atoms with Gasteiger partial charge in [0.05, 0.1) is 58.4 Å². The minimum absolute atomic E-state index is 0.0596. The fourth-order valence-corrected chi connectivity index (χ4v) is 4.08. The van der Waals surface area contributed by atoms with Gasteiger partial charge in [-0.25, -0.2) is 0 Å². The third kappa shape index (κ3) is 28.9. The summed E-state index contributed by atoms with van der Waals surface area (Å²) in [6, 6.07) is 0. The van der Waals surface area contributed by atoms with Gasteiger partial charge in [0, 0.05) is 52.4 Å². The smallest absolute Gasteiger partial charge is 0.317 e. The molecule has 0 aromatic heterocycles. The van der Waals surface area contributed by atoms with Gasteiger partial charge in [0.1, 0.15) is 24.4 Å². The Hall–Kier alpha value is -5.13. The van der Waals surface area contributed by atoms with Gasteiger partial charge in [-0.1, -0.05) is 10.3 Å². The van der Waals surface area contributed by atoms with Gasteiger partial charge in [-0.2, -0.15) is 0 Å². The van der Waals surface area contributed by atoms with Crippen molar-refractivity contribution < 1.29 is 89.2 Å². The van der Waals surface area contributed by atoms with Gasteiger partial charge in [0.25, 0.3) is 11.8 Å². The molecule has 326 valence electrons. The first kappa shape index (κ1) is 51.9. The lowest BCUT2D eigenvalue weighted by Gasteiger charge is -2.28. The molecular weight excluding hydrogens is 774 g/mol. The van der Waals surface area contributed by atoms with Crippen LogP contribution in [0.4, 0.5) is 0 Å². The molecule has 0 saturated carbocycles. The van der Waals surface area contributed by atoms with Crippen LogP contribution >= 0.6 is 0 Å². The molecule has 13 N–H and O–H groups in total. The molecular formula is C30H53N9O18. The monoisotopic (exact) mass is 827 g/mol. The molecule has 0 aliphatic rings. The number of carboxylic acid groups (broad SMARTS) is 3. The summed E-state index contributed by atoms with van der Waals surface area (Å²) < 4.78 is 0. The predicted octanol–water partition coefficient (Wildman–Crippen LogP) is -8.96. The van der Waals surface area contributed by atoms with Gasteiger partial charge in [-0.05, 0) is 0 Å². The fraction of sp³-hybridized carbons (Fsp3) is 0.700. The number of aliphatic hydroxyl groups is 6. The SMILES string of the molecule is O=C(O)CN(CCN(CC(=O)O)CC(=O)NCCNC(=O)CO/N=C/C(O)[C@H](O)CO)CCN(CC(=O)O)CC(=O)NCCNC(=O)CO/N=C/C(O)[C@H](O)CO. The van der Waals surface area contributed by atoms with E-state index in [1.807, 2.05) is 0 Å². The van der Waals surface area contributed by atoms with E-state index in [-0.39, 0.29) is 52.4 Å². The molecule has 4 amide bonds. The highest BCUT2D eigenvalue weighted by atomic mass is 16.6. The third-order valence-electron chi connectivity index (χ3n) is 6.94. The van der Waals surface area contributed by atoms with Crippen LogP contribution in [0.15, 0.2) is 10.3 Å². The van der Waals surface area contributed by atoms with Crippen molar-refractivity contribution in [3.8, 4) is 0 Å². The molecule has 2 unspecified atom stereocenters. The Labute approximate surface area is 325 Å². The van der Waals surface area contributed by atoms with Crippen molar-refractivity contribution in [1.82, 2.24) is 36.0 Å². The third-order valence-corrected chi connectivity index (χ3v) is 6.94. The molecule has 0 radical (unpaired) electrons. The summed E-state index contributed by atoms with van der Waals surface area (Å²) in [4.78, 5) is 96.1. The van der Waals surface area contributed by atoms with E-state index in [1.54, 1.807) is 0 Å². The lowest BCUT2D eigenvalue weighted by molar-refractivity contribution is -0.141. The van der Waals surface area contributed by atoms with E-state index in [9.17, 15) is 69.3 Å². The van der Waals surface area contributed by atoms with Crippen LogP contribution in [0.2, 0.25) is 0 Å². The number of aliphatic carboxylic acids is 3. The van der Waals surface area contributed by atoms with E-state index in [1.165, 1.54) is 14.7 Å². The summed E-state index contributed by atoms with van der Waals surface area (Å²) in [5.41, 5.74) is 0. The molecule has 0 aliphatic heterocycles. The summed E-state index contributed by atoms with van der Waals surface area (Å²) in [6.45, 7) is -5.79. The Morgan fingerprint density at radius 1 is 0.491 bits per heavy atom. The van der Waals surface area contributed by atoms with Crippen LogP contribution in [-0.2, 0) is 43.2 Å². The molecule has 4 atom stereocenters. The Morgan fingerprint density at radius 3 is 1.11 bits per heavy atom. The number of carbonyl (C=O) groups excluding carboxylic acids is 4. The molecule has 0 rings (SSSR count). The van der Waals surface area contributed by atoms with Gasteiger partial charge < -0.3 is 76.9 Å². The van der Waals surface area contributed by atoms with E-state index >= 15 is 0 Å². The second-order valence-electron chi connectivity index (χ2n) is 11.8. The van der Waals surface area contributed by atoms with Gasteiger partial charge in [-0.15, -0.1) is 0 Å².